The molecule has 6 fully saturated rings. The van der Waals surface area contributed by atoms with Crippen LogP contribution >= 0.6 is 0 Å². The fourth-order valence-corrected chi connectivity index (χ4v) is 9.44. The van der Waals surface area contributed by atoms with Gasteiger partial charge in [-0.1, -0.05) is 20.8 Å². The summed E-state index contributed by atoms with van der Waals surface area (Å²) in [7, 11) is 0. The van der Waals surface area contributed by atoms with Gasteiger partial charge in [0.15, 0.2) is 0 Å². The number of aromatic amines is 1. The first-order valence-corrected chi connectivity index (χ1v) is 13.4. The van der Waals surface area contributed by atoms with Crippen molar-refractivity contribution in [3.63, 3.8) is 0 Å². The number of amides is 1. The number of carbonyl (C=O) groups excluding carboxylic acids is 1. The van der Waals surface area contributed by atoms with E-state index in [4.69, 9.17) is 0 Å². The third kappa shape index (κ3) is 4.09. The number of nitrogens with one attached hydrogen (secondary N) is 2. The van der Waals surface area contributed by atoms with Crippen LogP contribution in [-0.2, 0) is 6.54 Å². The van der Waals surface area contributed by atoms with Crippen LogP contribution in [0.2, 0.25) is 0 Å². The highest BCUT2D eigenvalue weighted by Crippen LogP contribution is 2.56. The van der Waals surface area contributed by atoms with Gasteiger partial charge in [0, 0.05) is 31.4 Å². The fourth-order valence-electron chi connectivity index (χ4n) is 9.44. The van der Waals surface area contributed by atoms with Crippen LogP contribution < -0.4 is 10.9 Å². The highest BCUT2D eigenvalue weighted by Gasteiger charge is 2.50. The molecule has 2 atom stereocenters. The molecular formula is C28H41N3O2. The maximum Gasteiger partial charge on any atom is 0.261 e. The smallest absolute Gasteiger partial charge is 0.261 e. The summed E-state index contributed by atoms with van der Waals surface area (Å²) in [5.41, 5.74) is 1.70. The first kappa shape index (κ1) is 21.9. The van der Waals surface area contributed by atoms with Crippen molar-refractivity contribution in [3.05, 3.63) is 33.7 Å². The van der Waals surface area contributed by atoms with E-state index in [0.717, 1.165) is 49.0 Å². The van der Waals surface area contributed by atoms with Gasteiger partial charge in [-0.25, -0.2) is 0 Å². The molecule has 5 aliphatic carbocycles. The van der Waals surface area contributed by atoms with Crippen LogP contribution in [0, 0.1) is 40.4 Å². The lowest BCUT2D eigenvalue weighted by Gasteiger charge is -2.54. The summed E-state index contributed by atoms with van der Waals surface area (Å²) >= 11 is 0. The number of pyridine rings is 1. The molecule has 0 unspecified atom stereocenters. The monoisotopic (exact) mass is 451 g/mol. The molecule has 1 aromatic rings. The zero-order chi connectivity index (χ0) is 23.0. The summed E-state index contributed by atoms with van der Waals surface area (Å²) in [4.78, 5) is 31.3. The fraction of sp³-hybridized carbons (Fsp3) is 0.786. The third-order valence-electron chi connectivity index (χ3n) is 10.0. The lowest BCUT2D eigenvalue weighted by molar-refractivity contribution is -0.0347. The van der Waals surface area contributed by atoms with E-state index in [-0.39, 0.29) is 17.0 Å². The molecular weight excluding hydrogens is 410 g/mol. The van der Waals surface area contributed by atoms with E-state index in [2.05, 4.69) is 36.0 Å². The van der Waals surface area contributed by atoms with Gasteiger partial charge >= 0.3 is 0 Å². The molecule has 2 heterocycles. The van der Waals surface area contributed by atoms with Crippen molar-refractivity contribution >= 4 is 5.91 Å². The molecule has 6 bridgehead atoms. The molecule has 1 amide bonds. The Bertz CT molecular complexity index is 969. The molecule has 0 aromatic carbocycles. The highest BCUT2D eigenvalue weighted by molar-refractivity contribution is 5.93. The summed E-state index contributed by atoms with van der Waals surface area (Å²) in [5, 5.41) is 3.14. The van der Waals surface area contributed by atoms with Gasteiger partial charge in [-0.3, -0.25) is 14.5 Å². The molecule has 0 radical (unpaired) electrons. The van der Waals surface area contributed by atoms with E-state index in [1.54, 1.807) is 6.07 Å². The molecule has 180 valence electrons. The first-order chi connectivity index (χ1) is 15.7. The summed E-state index contributed by atoms with van der Waals surface area (Å²) in [6.45, 7) is 9.79. The van der Waals surface area contributed by atoms with Crippen LogP contribution in [0.4, 0.5) is 0 Å². The van der Waals surface area contributed by atoms with Crippen LogP contribution in [-0.4, -0.2) is 34.9 Å². The van der Waals surface area contributed by atoms with E-state index in [9.17, 15) is 9.59 Å². The molecule has 1 saturated heterocycles. The normalized spacial score (nSPS) is 40.8. The predicted molar refractivity (Wildman–Crippen MR) is 130 cm³/mol. The average molecular weight is 452 g/mol. The summed E-state index contributed by atoms with van der Waals surface area (Å²) in [6, 6.07) is 4.29. The van der Waals surface area contributed by atoms with Crippen molar-refractivity contribution in [3.8, 4) is 0 Å². The van der Waals surface area contributed by atoms with Crippen molar-refractivity contribution in [1.82, 2.24) is 15.2 Å². The van der Waals surface area contributed by atoms with E-state index in [1.807, 2.05) is 6.07 Å². The molecule has 1 aliphatic heterocycles. The molecule has 7 rings (SSSR count). The summed E-state index contributed by atoms with van der Waals surface area (Å²) in [5.74, 6) is 3.86. The first-order valence-electron chi connectivity index (χ1n) is 13.4. The largest absolute Gasteiger partial charge is 0.352 e. The number of hydrogen-bond donors (Lipinski definition) is 2. The second kappa shape index (κ2) is 7.69. The van der Waals surface area contributed by atoms with Gasteiger partial charge in [-0.05, 0) is 104 Å². The maximum atomic E-state index is 12.9. The van der Waals surface area contributed by atoms with Crippen LogP contribution in [0.1, 0.15) is 88.2 Å². The number of carbonyl (C=O) groups is 1. The Kier molecular flexibility index (Phi) is 5.10. The molecule has 5 heteroatoms. The quantitative estimate of drug-likeness (QED) is 0.689. The number of nitrogens with zero attached hydrogens (tertiary/aromatic N) is 1. The van der Waals surface area contributed by atoms with Gasteiger partial charge in [0.2, 0.25) is 0 Å². The minimum atomic E-state index is -0.246. The van der Waals surface area contributed by atoms with Crippen LogP contribution in [0.5, 0.6) is 0 Å². The standard InChI is InChI=1S/C28H41N3O2/c1-27(2)11-22-12-28(3,15-27)16-31(22)14-21-4-5-23(26(33)30-21)25(32)29-13-24-19-7-17-6-18(9-19)10-20(24)8-17/h4-5,17-20,22,24H,6-16H2,1-3H3,(H,29,32)(H,30,33)/t17?,18?,19?,20?,22-,24?,28-/m0/s1. The van der Waals surface area contributed by atoms with Crippen molar-refractivity contribution in [2.75, 3.05) is 13.1 Å². The average Bonchev–Trinajstić information content (AvgIpc) is 2.94. The number of rotatable bonds is 5. The van der Waals surface area contributed by atoms with Gasteiger partial charge in [-0.15, -0.1) is 0 Å². The Morgan fingerprint density at radius 3 is 2.42 bits per heavy atom. The van der Waals surface area contributed by atoms with Crippen molar-refractivity contribution in [2.24, 2.45) is 40.4 Å². The zero-order valence-corrected chi connectivity index (χ0v) is 20.7. The Morgan fingerprint density at radius 2 is 1.76 bits per heavy atom. The molecule has 1 aromatic heterocycles. The summed E-state index contributed by atoms with van der Waals surface area (Å²) < 4.78 is 0. The highest BCUT2D eigenvalue weighted by atomic mass is 16.2. The van der Waals surface area contributed by atoms with Gasteiger partial charge in [0.1, 0.15) is 5.56 Å². The number of H-pyrrole nitrogens is 1. The van der Waals surface area contributed by atoms with Crippen LogP contribution in [0.15, 0.2) is 16.9 Å². The minimum Gasteiger partial charge on any atom is -0.352 e. The van der Waals surface area contributed by atoms with E-state index < -0.39 is 0 Å². The Balaban J connectivity index is 1.08. The molecule has 5 saturated carbocycles. The second-order valence-electron chi connectivity index (χ2n) is 13.6. The molecule has 2 N–H and O–H groups in total. The number of likely N-dealkylation sites (tertiary alicyclic amines) is 1. The lowest BCUT2D eigenvalue weighted by atomic mass is 9.52. The SMILES string of the molecule is CC1(C)C[C@H]2C[C@](C)(CN2Cc2ccc(C(=O)NCC3C4CC5CC(C4)CC3C5)c(=O)[nH]2)C1. The number of aromatic nitrogens is 1. The minimum absolute atomic E-state index is 0.206. The van der Waals surface area contributed by atoms with Gasteiger partial charge in [-0.2, -0.15) is 0 Å². The van der Waals surface area contributed by atoms with Crippen molar-refractivity contribution in [2.45, 2.75) is 84.7 Å². The summed E-state index contributed by atoms with van der Waals surface area (Å²) in [6.07, 6.45) is 10.6. The third-order valence-corrected chi connectivity index (χ3v) is 10.0. The van der Waals surface area contributed by atoms with Gasteiger partial charge in [0.25, 0.3) is 11.5 Å². The predicted octanol–water partition coefficient (Wildman–Crippen LogP) is 4.58. The number of hydrogen-bond acceptors (Lipinski definition) is 3. The van der Waals surface area contributed by atoms with Crippen LogP contribution in [0.25, 0.3) is 0 Å². The Hall–Kier alpha value is -1.62. The van der Waals surface area contributed by atoms with Crippen LogP contribution in [0.3, 0.4) is 0 Å². The number of fused-ring (bicyclic) bond motifs is 2. The van der Waals surface area contributed by atoms with Crippen molar-refractivity contribution < 1.29 is 4.79 Å². The Labute approximate surface area is 198 Å². The van der Waals surface area contributed by atoms with Gasteiger partial charge in [0.05, 0.1) is 0 Å². The maximum absolute atomic E-state index is 12.9. The molecule has 0 spiro atoms. The van der Waals surface area contributed by atoms with E-state index in [0.29, 0.717) is 22.8 Å². The molecule has 6 aliphatic rings. The zero-order valence-electron chi connectivity index (χ0n) is 20.7. The van der Waals surface area contributed by atoms with E-state index in [1.165, 1.54) is 51.4 Å². The molecule has 5 nitrogen and oxygen atoms in total. The molecule has 33 heavy (non-hydrogen) atoms. The Morgan fingerprint density at radius 1 is 1.06 bits per heavy atom. The second-order valence-corrected chi connectivity index (χ2v) is 13.6. The van der Waals surface area contributed by atoms with E-state index >= 15 is 0 Å². The van der Waals surface area contributed by atoms with Gasteiger partial charge < -0.3 is 10.3 Å². The topological polar surface area (TPSA) is 65.2 Å². The van der Waals surface area contributed by atoms with Crippen molar-refractivity contribution in [1.29, 1.82) is 0 Å². The lowest BCUT2D eigenvalue weighted by Crippen LogP contribution is -2.49.